The number of hydrogen-bond acceptors (Lipinski definition) is 3. The van der Waals surface area contributed by atoms with Gasteiger partial charge in [0.1, 0.15) is 5.75 Å². The van der Waals surface area contributed by atoms with Gasteiger partial charge in [-0.25, -0.2) is 4.79 Å². The van der Waals surface area contributed by atoms with Crippen LogP contribution in [0.4, 0.5) is 0 Å². The third-order valence-corrected chi connectivity index (χ3v) is 3.74. The Balaban J connectivity index is 2.40. The maximum absolute atomic E-state index is 12.4. The monoisotopic (exact) mass is 294 g/mol. The van der Waals surface area contributed by atoms with Gasteiger partial charge in [-0.3, -0.25) is 4.57 Å². The quantitative estimate of drug-likeness (QED) is 0.784. The Hall–Kier alpha value is -2.62. The van der Waals surface area contributed by atoms with Crippen LogP contribution in [0.5, 0.6) is 5.75 Å². The Kier molecular flexibility index (Phi) is 3.45. The largest absolute Gasteiger partial charge is 0.508 e. The van der Waals surface area contributed by atoms with E-state index >= 15 is 0 Å². The summed E-state index contributed by atoms with van der Waals surface area (Å²) in [7, 11) is 0. The van der Waals surface area contributed by atoms with E-state index in [1.165, 1.54) is 0 Å². The molecule has 22 heavy (non-hydrogen) atoms. The normalized spacial score (nSPS) is 11.3. The zero-order valence-corrected chi connectivity index (χ0v) is 12.9. The molecule has 0 radical (unpaired) electrons. The molecule has 0 bridgehead atoms. The van der Waals surface area contributed by atoms with Crippen LogP contribution in [0.1, 0.15) is 25.5 Å². The molecule has 0 unspecified atom stereocenters. The minimum absolute atomic E-state index is 0.0400. The molecule has 1 N–H and O–H groups in total. The van der Waals surface area contributed by atoms with Crippen LogP contribution in [0.2, 0.25) is 0 Å². The molecule has 0 saturated carbocycles. The van der Waals surface area contributed by atoms with E-state index in [2.05, 4.69) is 4.98 Å². The first-order chi connectivity index (χ1) is 10.5. The van der Waals surface area contributed by atoms with Crippen molar-refractivity contribution in [2.24, 2.45) is 0 Å². The molecule has 0 aliphatic heterocycles. The number of rotatable bonds is 2. The number of benzene rings is 2. The lowest BCUT2D eigenvalue weighted by molar-refractivity contribution is 0.475. The zero-order chi connectivity index (χ0) is 15.9. The van der Waals surface area contributed by atoms with E-state index in [4.69, 9.17) is 0 Å². The molecule has 1 heterocycles. The fourth-order valence-corrected chi connectivity index (χ4v) is 2.69. The number of aromatic nitrogens is 2. The average Bonchev–Trinajstić information content (AvgIpc) is 2.46. The van der Waals surface area contributed by atoms with Gasteiger partial charge >= 0.3 is 5.69 Å². The number of aryl methyl sites for hydroxylation is 1. The topological polar surface area (TPSA) is 55.1 Å². The molecular formula is C18H18N2O2. The Labute approximate surface area is 128 Å². The second-order valence-electron chi connectivity index (χ2n) is 5.77. The first-order valence-corrected chi connectivity index (χ1v) is 7.29. The van der Waals surface area contributed by atoms with Gasteiger partial charge in [-0.2, -0.15) is 4.98 Å². The van der Waals surface area contributed by atoms with Gasteiger partial charge in [0.2, 0.25) is 0 Å². The fraction of sp³-hybridized carbons (Fsp3) is 0.222. The van der Waals surface area contributed by atoms with Crippen molar-refractivity contribution >= 4 is 10.9 Å². The highest BCUT2D eigenvalue weighted by Crippen LogP contribution is 2.28. The highest BCUT2D eigenvalue weighted by atomic mass is 16.3. The number of nitrogens with zero attached hydrogens (tertiary/aromatic N) is 2. The van der Waals surface area contributed by atoms with Crippen LogP contribution in [-0.4, -0.2) is 14.7 Å². The molecule has 3 rings (SSSR count). The van der Waals surface area contributed by atoms with Gasteiger partial charge in [0.15, 0.2) is 0 Å². The van der Waals surface area contributed by atoms with Crippen molar-refractivity contribution in [3.63, 3.8) is 0 Å². The van der Waals surface area contributed by atoms with Gasteiger partial charge < -0.3 is 5.11 Å². The van der Waals surface area contributed by atoms with Crippen LogP contribution in [-0.2, 0) is 0 Å². The highest BCUT2D eigenvalue weighted by molar-refractivity contribution is 5.92. The molecule has 0 spiro atoms. The molecule has 0 aliphatic rings. The second kappa shape index (κ2) is 5.30. The summed E-state index contributed by atoms with van der Waals surface area (Å²) in [5, 5.41) is 10.4. The van der Waals surface area contributed by atoms with Crippen molar-refractivity contribution in [3.05, 3.63) is 58.5 Å². The average molecular weight is 294 g/mol. The number of hydrogen-bond donors (Lipinski definition) is 1. The number of aromatic hydroxyl groups is 1. The first-order valence-electron chi connectivity index (χ1n) is 7.29. The summed E-state index contributed by atoms with van der Waals surface area (Å²) >= 11 is 0. The van der Waals surface area contributed by atoms with Crippen molar-refractivity contribution in [2.45, 2.75) is 26.8 Å². The van der Waals surface area contributed by atoms with E-state index in [0.29, 0.717) is 5.69 Å². The molecule has 0 aliphatic carbocycles. The van der Waals surface area contributed by atoms with Crippen molar-refractivity contribution in [1.29, 1.82) is 0 Å². The molecule has 0 amide bonds. The summed E-state index contributed by atoms with van der Waals surface area (Å²) in [6.45, 7) is 5.96. The van der Waals surface area contributed by atoms with E-state index < -0.39 is 0 Å². The fourth-order valence-electron chi connectivity index (χ4n) is 2.69. The second-order valence-corrected chi connectivity index (χ2v) is 5.77. The lowest BCUT2D eigenvalue weighted by atomic mass is 10.0. The maximum Gasteiger partial charge on any atom is 0.348 e. The van der Waals surface area contributed by atoms with Crippen LogP contribution < -0.4 is 5.69 Å². The van der Waals surface area contributed by atoms with Crippen molar-refractivity contribution in [1.82, 2.24) is 9.55 Å². The Morgan fingerprint density at radius 2 is 1.77 bits per heavy atom. The molecule has 112 valence electrons. The Bertz CT molecular complexity index is 893. The molecule has 0 fully saturated rings. The summed E-state index contributed by atoms with van der Waals surface area (Å²) in [5.74, 6) is 0.194. The number of fused-ring (bicyclic) bond motifs is 1. The standard InChI is InChI=1S/C18H18N2O2/c1-11(2)20-16-10-12(3)4-9-15(16)17(19-18(20)22)13-5-7-14(21)8-6-13/h4-11,21H,1-3H3. The smallest absolute Gasteiger partial charge is 0.348 e. The summed E-state index contributed by atoms with van der Waals surface area (Å²) in [6, 6.07) is 12.8. The molecular weight excluding hydrogens is 276 g/mol. The van der Waals surface area contributed by atoms with Crippen LogP contribution in [0.15, 0.2) is 47.3 Å². The molecule has 4 nitrogen and oxygen atoms in total. The molecule has 4 heteroatoms. The third-order valence-electron chi connectivity index (χ3n) is 3.74. The molecule has 0 atom stereocenters. The maximum atomic E-state index is 12.4. The highest BCUT2D eigenvalue weighted by Gasteiger charge is 2.14. The van der Waals surface area contributed by atoms with Crippen LogP contribution in [0, 0.1) is 6.92 Å². The van der Waals surface area contributed by atoms with E-state index in [9.17, 15) is 9.90 Å². The van der Waals surface area contributed by atoms with E-state index in [1.54, 1.807) is 28.8 Å². The Morgan fingerprint density at radius 3 is 2.41 bits per heavy atom. The lowest BCUT2D eigenvalue weighted by Crippen LogP contribution is -2.25. The minimum atomic E-state index is -0.254. The minimum Gasteiger partial charge on any atom is -0.508 e. The van der Waals surface area contributed by atoms with Gasteiger partial charge in [-0.05, 0) is 56.7 Å². The van der Waals surface area contributed by atoms with Crippen LogP contribution in [0.3, 0.4) is 0 Å². The van der Waals surface area contributed by atoms with Crippen LogP contribution >= 0.6 is 0 Å². The van der Waals surface area contributed by atoms with Gasteiger partial charge in [0.05, 0.1) is 11.2 Å². The summed E-state index contributed by atoms with van der Waals surface area (Å²) < 4.78 is 1.71. The van der Waals surface area contributed by atoms with E-state index in [-0.39, 0.29) is 17.5 Å². The number of phenolic OH excluding ortho intramolecular Hbond substituents is 1. The predicted octanol–water partition coefficient (Wildman–Crippen LogP) is 3.66. The SMILES string of the molecule is Cc1ccc2c(-c3ccc(O)cc3)nc(=O)n(C(C)C)c2c1. The number of phenols is 1. The summed E-state index contributed by atoms with van der Waals surface area (Å²) in [6.07, 6.45) is 0. The molecule has 2 aromatic carbocycles. The van der Waals surface area contributed by atoms with E-state index in [0.717, 1.165) is 22.0 Å². The van der Waals surface area contributed by atoms with Gasteiger partial charge in [-0.15, -0.1) is 0 Å². The molecule has 3 aromatic rings. The first kappa shape index (κ1) is 14.3. The lowest BCUT2D eigenvalue weighted by Gasteiger charge is -2.16. The van der Waals surface area contributed by atoms with Crippen molar-refractivity contribution in [3.8, 4) is 17.0 Å². The third kappa shape index (κ3) is 2.37. The summed E-state index contributed by atoms with van der Waals surface area (Å²) in [4.78, 5) is 16.7. The van der Waals surface area contributed by atoms with Gasteiger partial charge in [0.25, 0.3) is 0 Å². The van der Waals surface area contributed by atoms with Gasteiger partial charge in [0, 0.05) is 17.0 Å². The van der Waals surface area contributed by atoms with Crippen LogP contribution in [0.25, 0.3) is 22.2 Å². The van der Waals surface area contributed by atoms with Crippen molar-refractivity contribution in [2.75, 3.05) is 0 Å². The molecule has 0 saturated heterocycles. The van der Waals surface area contributed by atoms with E-state index in [1.807, 2.05) is 39.0 Å². The predicted molar refractivity (Wildman–Crippen MR) is 88.2 cm³/mol. The Morgan fingerprint density at radius 1 is 1.09 bits per heavy atom. The molecule has 1 aromatic heterocycles. The van der Waals surface area contributed by atoms with Gasteiger partial charge in [-0.1, -0.05) is 12.1 Å². The zero-order valence-electron chi connectivity index (χ0n) is 12.9. The van der Waals surface area contributed by atoms with Crippen molar-refractivity contribution < 1.29 is 5.11 Å². The summed E-state index contributed by atoms with van der Waals surface area (Å²) in [5.41, 5.74) is 3.20.